The molecule has 4 rings (SSSR count). The van der Waals surface area contributed by atoms with Gasteiger partial charge >= 0.3 is 0 Å². The molecular formula is C21H19ClN4O3S. The van der Waals surface area contributed by atoms with Gasteiger partial charge in [0.05, 0.1) is 16.3 Å². The van der Waals surface area contributed by atoms with Crippen molar-refractivity contribution < 1.29 is 13.2 Å². The maximum Gasteiger partial charge on any atom is 0.256 e. The summed E-state index contributed by atoms with van der Waals surface area (Å²) in [6.07, 6.45) is 1.63. The number of carbonyl (C=O) groups is 1. The molecule has 1 aliphatic rings. The van der Waals surface area contributed by atoms with Crippen molar-refractivity contribution in [2.24, 2.45) is 5.14 Å². The van der Waals surface area contributed by atoms with E-state index >= 15 is 0 Å². The van der Waals surface area contributed by atoms with Gasteiger partial charge in [-0.2, -0.15) is 5.10 Å². The van der Waals surface area contributed by atoms with Gasteiger partial charge in [-0.05, 0) is 62.2 Å². The number of carbonyl (C=O) groups excluding carboxylic acids is 1. The lowest BCUT2D eigenvalue weighted by Gasteiger charge is -2.08. The molecule has 1 aromatic heterocycles. The number of halogens is 1. The number of hydrogen-bond donors (Lipinski definition) is 2. The van der Waals surface area contributed by atoms with Crippen molar-refractivity contribution in [2.45, 2.75) is 25.7 Å². The predicted molar refractivity (Wildman–Crippen MR) is 117 cm³/mol. The lowest BCUT2D eigenvalue weighted by molar-refractivity contribution is -0.110. The van der Waals surface area contributed by atoms with E-state index in [1.54, 1.807) is 17.7 Å². The zero-order valence-corrected chi connectivity index (χ0v) is 18.1. The van der Waals surface area contributed by atoms with Gasteiger partial charge in [-0.15, -0.1) is 0 Å². The Morgan fingerprint density at radius 1 is 1.13 bits per heavy atom. The van der Waals surface area contributed by atoms with E-state index in [0.29, 0.717) is 33.2 Å². The first-order valence-electron chi connectivity index (χ1n) is 9.09. The van der Waals surface area contributed by atoms with E-state index in [2.05, 4.69) is 10.4 Å². The normalized spacial score (nSPS) is 14.8. The average molecular weight is 443 g/mol. The fourth-order valence-electron chi connectivity index (χ4n) is 3.41. The molecule has 3 aromatic rings. The van der Waals surface area contributed by atoms with Gasteiger partial charge in [-0.25, -0.2) is 18.2 Å². The fraction of sp³-hybridized carbons (Fsp3) is 0.143. The molecule has 0 spiro atoms. The number of primary sulfonamides is 1. The van der Waals surface area contributed by atoms with Gasteiger partial charge < -0.3 is 5.32 Å². The zero-order chi connectivity index (χ0) is 21.8. The third-order valence-electron chi connectivity index (χ3n) is 5.03. The van der Waals surface area contributed by atoms with Crippen LogP contribution in [0.1, 0.15) is 27.9 Å². The van der Waals surface area contributed by atoms with Crippen LogP contribution in [0.2, 0.25) is 5.15 Å². The molecule has 2 heterocycles. The Bertz CT molecular complexity index is 1360. The Morgan fingerprint density at radius 2 is 1.87 bits per heavy atom. The highest BCUT2D eigenvalue weighted by atomic mass is 35.5. The van der Waals surface area contributed by atoms with Crippen LogP contribution in [0.3, 0.4) is 0 Å². The number of anilines is 1. The molecule has 1 aliphatic heterocycles. The van der Waals surface area contributed by atoms with Crippen molar-refractivity contribution in [3.8, 4) is 5.69 Å². The van der Waals surface area contributed by atoms with Crippen LogP contribution in [0, 0.1) is 20.8 Å². The van der Waals surface area contributed by atoms with Crippen molar-refractivity contribution in [3.63, 3.8) is 0 Å². The summed E-state index contributed by atoms with van der Waals surface area (Å²) in [5, 5.41) is 12.9. The number of nitrogens with two attached hydrogens (primary N) is 1. The van der Waals surface area contributed by atoms with Crippen molar-refractivity contribution in [1.82, 2.24) is 9.78 Å². The highest BCUT2D eigenvalue weighted by Crippen LogP contribution is 2.36. The summed E-state index contributed by atoms with van der Waals surface area (Å²) < 4.78 is 25.1. The van der Waals surface area contributed by atoms with Crippen molar-refractivity contribution in [2.75, 3.05) is 5.32 Å². The average Bonchev–Trinajstić information content (AvgIpc) is 3.13. The van der Waals surface area contributed by atoms with E-state index in [1.807, 2.05) is 32.0 Å². The monoisotopic (exact) mass is 442 g/mol. The second-order valence-electron chi connectivity index (χ2n) is 7.26. The molecule has 3 N–H and O–H groups in total. The van der Waals surface area contributed by atoms with E-state index < -0.39 is 10.0 Å². The molecule has 0 unspecified atom stereocenters. The molecule has 0 saturated carbocycles. The topological polar surface area (TPSA) is 107 Å². The zero-order valence-electron chi connectivity index (χ0n) is 16.5. The molecule has 0 atom stereocenters. The molecule has 30 heavy (non-hydrogen) atoms. The Hall–Kier alpha value is -2.94. The molecule has 154 valence electrons. The number of aryl methyl sites for hydroxylation is 3. The molecule has 0 bridgehead atoms. The van der Waals surface area contributed by atoms with Crippen LogP contribution in [-0.2, 0) is 14.8 Å². The van der Waals surface area contributed by atoms with Gasteiger partial charge in [0, 0.05) is 22.4 Å². The van der Waals surface area contributed by atoms with Crippen molar-refractivity contribution in [3.05, 3.63) is 69.5 Å². The second kappa shape index (κ2) is 7.09. The fourth-order valence-corrected chi connectivity index (χ4v) is 4.27. The van der Waals surface area contributed by atoms with E-state index in [9.17, 15) is 13.2 Å². The molecule has 9 heteroatoms. The van der Waals surface area contributed by atoms with Crippen LogP contribution in [0.15, 0.2) is 41.3 Å². The summed E-state index contributed by atoms with van der Waals surface area (Å²) in [5.41, 5.74) is 5.39. The highest BCUT2D eigenvalue weighted by Gasteiger charge is 2.27. The van der Waals surface area contributed by atoms with Crippen LogP contribution in [-0.4, -0.2) is 24.1 Å². The van der Waals surface area contributed by atoms with Gasteiger partial charge in [-0.1, -0.05) is 23.7 Å². The number of aromatic nitrogens is 2. The lowest BCUT2D eigenvalue weighted by Crippen LogP contribution is -2.12. The molecule has 0 radical (unpaired) electrons. The molecule has 1 amide bonds. The summed E-state index contributed by atoms with van der Waals surface area (Å²) in [4.78, 5) is 12.5. The summed E-state index contributed by atoms with van der Waals surface area (Å²) in [7, 11) is -3.90. The van der Waals surface area contributed by atoms with Crippen LogP contribution < -0.4 is 10.5 Å². The second-order valence-corrected chi connectivity index (χ2v) is 9.18. The van der Waals surface area contributed by atoms with Crippen LogP contribution in [0.4, 0.5) is 5.69 Å². The highest BCUT2D eigenvalue weighted by molar-refractivity contribution is 7.89. The standard InChI is InChI=1S/C21H19ClN4O3S/c1-11-4-5-12(2)19(8-11)26-20(22)15(13(3)25-26)10-17-16-9-14(30(23,28)29)6-7-18(16)24-21(17)27/h4-10H,1-3H3,(H,24,27)(H2,23,28,29)/b17-10-. The minimum absolute atomic E-state index is 0.0717. The van der Waals surface area contributed by atoms with Crippen LogP contribution in [0.25, 0.3) is 17.3 Å². The van der Waals surface area contributed by atoms with Crippen LogP contribution >= 0.6 is 11.6 Å². The number of nitrogens with zero attached hydrogens (tertiary/aromatic N) is 2. The quantitative estimate of drug-likeness (QED) is 0.604. The largest absolute Gasteiger partial charge is 0.321 e. The maximum atomic E-state index is 12.6. The van der Waals surface area contributed by atoms with Gasteiger partial charge in [0.15, 0.2) is 0 Å². The van der Waals surface area contributed by atoms with Gasteiger partial charge in [-0.3, -0.25) is 4.79 Å². The van der Waals surface area contributed by atoms with Crippen molar-refractivity contribution >= 4 is 44.9 Å². The molecule has 0 aliphatic carbocycles. The SMILES string of the molecule is Cc1ccc(C)c(-n2nc(C)c(/C=C3\C(=O)Nc4ccc(S(N)(=O)=O)cc43)c2Cl)c1. The van der Waals surface area contributed by atoms with Crippen LogP contribution in [0.5, 0.6) is 0 Å². The predicted octanol–water partition coefficient (Wildman–Crippen LogP) is 3.59. The van der Waals surface area contributed by atoms with E-state index in [1.165, 1.54) is 18.2 Å². The number of fused-ring (bicyclic) bond motifs is 1. The number of nitrogens with one attached hydrogen (secondary N) is 1. The summed E-state index contributed by atoms with van der Waals surface area (Å²) in [6.45, 7) is 5.75. The maximum absolute atomic E-state index is 12.6. The first kappa shape index (κ1) is 20.3. The number of hydrogen-bond acceptors (Lipinski definition) is 4. The number of benzene rings is 2. The van der Waals surface area contributed by atoms with Gasteiger partial charge in [0.1, 0.15) is 5.15 Å². The Kier molecular flexibility index (Phi) is 4.80. The summed E-state index contributed by atoms with van der Waals surface area (Å²) in [6, 6.07) is 10.2. The summed E-state index contributed by atoms with van der Waals surface area (Å²) >= 11 is 6.65. The minimum Gasteiger partial charge on any atom is -0.321 e. The van der Waals surface area contributed by atoms with Gasteiger partial charge in [0.2, 0.25) is 10.0 Å². The third-order valence-corrected chi connectivity index (χ3v) is 6.31. The van der Waals surface area contributed by atoms with Gasteiger partial charge in [0.25, 0.3) is 5.91 Å². The summed E-state index contributed by atoms with van der Waals surface area (Å²) in [5.74, 6) is -0.355. The molecular weight excluding hydrogens is 424 g/mol. The third kappa shape index (κ3) is 3.43. The first-order valence-corrected chi connectivity index (χ1v) is 11.0. The smallest absolute Gasteiger partial charge is 0.256 e. The molecule has 0 saturated heterocycles. The lowest BCUT2D eigenvalue weighted by atomic mass is 10.0. The molecule has 0 fully saturated rings. The first-order chi connectivity index (χ1) is 14.1. The molecule has 2 aromatic carbocycles. The van der Waals surface area contributed by atoms with E-state index in [0.717, 1.165) is 16.8 Å². The number of amides is 1. The van der Waals surface area contributed by atoms with E-state index in [-0.39, 0.29) is 10.8 Å². The Balaban J connectivity index is 1.87. The number of rotatable bonds is 3. The minimum atomic E-state index is -3.90. The van der Waals surface area contributed by atoms with Crippen molar-refractivity contribution in [1.29, 1.82) is 0 Å². The number of sulfonamides is 1. The Labute approximate surface area is 179 Å². The molecule has 7 nitrogen and oxygen atoms in total. The Morgan fingerprint density at radius 3 is 2.57 bits per heavy atom. The van der Waals surface area contributed by atoms with E-state index in [4.69, 9.17) is 16.7 Å².